The van der Waals surface area contributed by atoms with Crippen LogP contribution < -0.4 is 4.74 Å². The van der Waals surface area contributed by atoms with E-state index < -0.39 is 0 Å². The smallest absolute Gasteiger partial charge is 0.233 e. The Kier molecular flexibility index (Phi) is 4.02. The van der Waals surface area contributed by atoms with Crippen molar-refractivity contribution in [3.63, 3.8) is 0 Å². The van der Waals surface area contributed by atoms with Crippen molar-refractivity contribution in [3.05, 3.63) is 64.8 Å². The van der Waals surface area contributed by atoms with Crippen LogP contribution >= 0.6 is 11.6 Å². The summed E-state index contributed by atoms with van der Waals surface area (Å²) in [5.41, 5.74) is 2.57. The highest BCUT2D eigenvalue weighted by atomic mass is 35.5. The highest BCUT2D eigenvalue weighted by Crippen LogP contribution is 2.17. The summed E-state index contributed by atoms with van der Waals surface area (Å²) in [6.07, 6.45) is 1.73. The van der Waals surface area contributed by atoms with Crippen molar-refractivity contribution in [2.45, 2.75) is 13.5 Å². The van der Waals surface area contributed by atoms with Crippen molar-refractivity contribution in [1.82, 2.24) is 20.0 Å². The summed E-state index contributed by atoms with van der Waals surface area (Å²) >= 11 is 5.68. The van der Waals surface area contributed by atoms with Gasteiger partial charge in [-0.15, -0.1) is 10.2 Å². The average Bonchev–Trinajstić information content (AvgIpc) is 2.89. The summed E-state index contributed by atoms with van der Waals surface area (Å²) in [6, 6.07) is 9.35. The van der Waals surface area contributed by atoms with Gasteiger partial charge < -0.3 is 4.74 Å². The fourth-order valence-corrected chi connectivity index (χ4v) is 2.06. The Bertz CT molecular complexity index is 771. The van der Waals surface area contributed by atoms with Crippen molar-refractivity contribution < 1.29 is 9.13 Å². The minimum Gasteiger partial charge on any atom is -0.470 e. The van der Waals surface area contributed by atoms with Gasteiger partial charge in [-0.1, -0.05) is 11.6 Å². The molecule has 3 aromatic rings. The quantitative estimate of drug-likeness (QED) is 0.740. The molecule has 0 aliphatic rings. The molecule has 0 saturated carbocycles. The molecule has 0 aliphatic carbocycles. The molecule has 3 rings (SSSR count). The van der Waals surface area contributed by atoms with E-state index in [2.05, 4.69) is 15.3 Å². The molecular formula is C15H12ClFN4O. The Morgan fingerprint density at radius 2 is 1.91 bits per heavy atom. The molecule has 0 spiro atoms. The van der Waals surface area contributed by atoms with Crippen molar-refractivity contribution in [2.24, 2.45) is 0 Å². The highest BCUT2D eigenvalue weighted by molar-refractivity contribution is 6.29. The molecule has 7 heteroatoms. The second-order valence-corrected chi connectivity index (χ2v) is 5.03. The van der Waals surface area contributed by atoms with Crippen LogP contribution in [0.5, 0.6) is 5.88 Å². The van der Waals surface area contributed by atoms with Crippen molar-refractivity contribution in [2.75, 3.05) is 0 Å². The second-order valence-electron chi connectivity index (χ2n) is 4.65. The summed E-state index contributed by atoms with van der Waals surface area (Å²) in [7, 11) is 0. The molecule has 5 nitrogen and oxygen atoms in total. The number of hydrogen-bond acceptors (Lipinski definition) is 4. The van der Waals surface area contributed by atoms with Crippen LogP contribution in [0.2, 0.25) is 5.15 Å². The van der Waals surface area contributed by atoms with E-state index in [0.717, 1.165) is 16.9 Å². The summed E-state index contributed by atoms with van der Waals surface area (Å²) in [6.45, 7) is 2.19. The zero-order valence-electron chi connectivity index (χ0n) is 11.7. The fraction of sp³-hybridized carbons (Fsp3) is 0.133. The number of aromatic nitrogens is 4. The van der Waals surface area contributed by atoms with Crippen LogP contribution in [0.15, 0.2) is 42.6 Å². The van der Waals surface area contributed by atoms with Crippen LogP contribution in [-0.4, -0.2) is 20.0 Å². The predicted molar refractivity (Wildman–Crippen MR) is 79.6 cm³/mol. The Labute approximate surface area is 131 Å². The molecule has 0 bridgehead atoms. The van der Waals surface area contributed by atoms with Gasteiger partial charge >= 0.3 is 0 Å². The third-order valence-corrected chi connectivity index (χ3v) is 3.31. The standard InChI is InChI=1S/C15H12ClFN4O/c1-10-8-18-21(12-4-2-11(17)3-5-12)13(10)9-22-15-7-6-14(16)19-20-15/h2-8H,9H2,1H3. The van der Waals surface area contributed by atoms with Gasteiger partial charge in [-0.05, 0) is 42.8 Å². The van der Waals surface area contributed by atoms with Gasteiger partial charge in [-0.2, -0.15) is 5.10 Å². The van der Waals surface area contributed by atoms with Gasteiger partial charge in [0.05, 0.1) is 17.6 Å². The number of nitrogens with zero attached hydrogens (tertiary/aromatic N) is 4. The summed E-state index contributed by atoms with van der Waals surface area (Å²) in [5.74, 6) is 0.0810. The molecule has 0 N–H and O–H groups in total. The highest BCUT2D eigenvalue weighted by Gasteiger charge is 2.11. The molecule has 0 amide bonds. The normalized spacial score (nSPS) is 10.7. The predicted octanol–water partition coefficient (Wildman–Crippen LogP) is 3.34. The maximum atomic E-state index is 13.0. The third kappa shape index (κ3) is 3.07. The number of halogens is 2. The first-order chi connectivity index (χ1) is 10.6. The first-order valence-electron chi connectivity index (χ1n) is 6.55. The van der Waals surface area contributed by atoms with Gasteiger partial charge in [0.1, 0.15) is 12.4 Å². The largest absolute Gasteiger partial charge is 0.470 e. The van der Waals surface area contributed by atoms with Gasteiger partial charge in [-0.3, -0.25) is 0 Å². The van der Waals surface area contributed by atoms with Crippen molar-refractivity contribution in [1.29, 1.82) is 0 Å². The monoisotopic (exact) mass is 318 g/mol. The number of benzene rings is 1. The van der Waals surface area contributed by atoms with Crippen LogP contribution in [0.3, 0.4) is 0 Å². The minimum atomic E-state index is -0.290. The van der Waals surface area contributed by atoms with Gasteiger partial charge in [-0.25, -0.2) is 9.07 Å². The summed E-state index contributed by atoms with van der Waals surface area (Å²) in [4.78, 5) is 0. The maximum absolute atomic E-state index is 13.0. The molecular weight excluding hydrogens is 307 g/mol. The zero-order valence-corrected chi connectivity index (χ0v) is 12.5. The molecule has 0 aliphatic heterocycles. The van der Waals surface area contributed by atoms with Gasteiger partial charge in [0, 0.05) is 6.07 Å². The molecule has 0 saturated heterocycles. The molecule has 0 atom stereocenters. The van der Waals surface area contributed by atoms with Crippen LogP contribution in [0.25, 0.3) is 5.69 Å². The van der Waals surface area contributed by atoms with E-state index in [-0.39, 0.29) is 12.4 Å². The molecule has 112 valence electrons. The van der Waals surface area contributed by atoms with Gasteiger partial charge in [0.15, 0.2) is 5.15 Å². The van der Waals surface area contributed by atoms with Gasteiger partial charge in [0.2, 0.25) is 5.88 Å². The molecule has 0 unspecified atom stereocenters. The van der Waals surface area contributed by atoms with Crippen LogP contribution in [0.1, 0.15) is 11.3 Å². The van der Waals surface area contributed by atoms with E-state index in [0.29, 0.717) is 11.0 Å². The molecule has 1 aromatic carbocycles. The van der Waals surface area contributed by atoms with E-state index in [4.69, 9.17) is 16.3 Å². The van der Waals surface area contributed by atoms with E-state index in [1.54, 1.807) is 35.1 Å². The summed E-state index contributed by atoms with van der Waals surface area (Å²) in [5, 5.41) is 12.2. The van der Waals surface area contributed by atoms with E-state index in [1.165, 1.54) is 12.1 Å². The number of aryl methyl sites for hydroxylation is 1. The van der Waals surface area contributed by atoms with Crippen molar-refractivity contribution in [3.8, 4) is 11.6 Å². The number of ether oxygens (including phenoxy) is 1. The first kappa shape index (κ1) is 14.5. The maximum Gasteiger partial charge on any atom is 0.233 e. The van der Waals surface area contributed by atoms with E-state index in [9.17, 15) is 4.39 Å². The Balaban J connectivity index is 1.83. The lowest BCUT2D eigenvalue weighted by molar-refractivity contribution is 0.281. The molecule has 0 fully saturated rings. The Morgan fingerprint density at radius 3 is 2.59 bits per heavy atom. The van der Waals surface area contributed by atoms with Crippen LogP contribution in [0, 0.1) is 12.7 Å². The van der Waals surface area contributed by atoms with Crippen LogP contribution in [0.4, 0.5) is 4.39 Å². The lowest BCUT2D eigenvalue weighted by Gasteiger charge is -2.09. The molecule has 2 heterocycles. The van der Waals surface area contributed by atoms with Crippen molar-refractivity contribution >= 4 is 11.6 Å². The number of hydrogen-bond donors (Lipinski definition) is 0. The van der Waals surface area contributed by atoms with E-state index in [1.807, 2.05) is 6.92 Å². The first-order valence-corrected chi connectivity index (χ1v) is 6.93. The fourth-order valence-electron chi connectivity index (χ4n) is 1.96. The molecule has 0 radical (unpaired) electrons. The molecule has 2 aromatic heterocycles. The Hall–Kier alpha value is -2.47. The van der Waals surface area contributed by atoms with Crippen LogP contribution in [-0.2, 0) is 6.61 Å². The SMILES string of the molecule is Cc1cnn(-c2ccc(F)cc2)c1COc1ccc(Cl)nn1. The topological polar surface area (TPSA) is 52.8 Å². The molecule has 22 heavy (non-hydrogen) atoms. The Morgan fingerprint density at radius 1 is 1.14 bits per heavy atom. The lowest BCUT2D eigenvalue weighted by Crippen LogP contribution is -2.07. The lowest BCUT2D eigenvalue weighted by atomic mass is 10.2. The third-order valence-electron chi connectivity index (χ3n) is 3.11. The summed E-state index contributed by atoms with van der Waals surface area (Å²) < 4.78 is 20.3. The second kappa shape index (κ2) is 6.11. The minimum absolute atomic E-state index is 0.263. The zero-order chi connectivity index (χ0) is 15.5. The number of rotatable bonds is 4. The van der Waals surface area contributed by atoms with E-state index >= 15 is 0 Å². The van der Waals surface area contributed by atoms with Gasteiger partial charge in [0.25, 0.3) is 0 Å². The average molecular weight is 319 g/mol.